The first-order valence-corrected chi connectivity index (χ1v) is 12.5. The first kappa shape index (κ1) is 19.6. The third kappa shape index (κ3) is 3.40. The second kappa shape index (κ2) is 7.72. The number of carbonyl (C=O) groups excluding carboxylic acids is 1. The Morgan fingerprint density at radius 3 is 2.50 bits per heavy atom. The van der Waals surface area contributed by atoms with Gasteiger partial charge < -0.3 is 5.32 Å². The van der Waals surface area contributed by atoms with Crippen molar-refractivity contribution >= 4 is 43.3 Å². The first-order valence-electron chi connectivity index (χ1n) is 10.2. The van der Waals surface area contributed by atoms with E-state index in [1.165, 1.54) is 39.6 Å². The molecule has 0 bridgehead atoms. The predicted molar refractivity (Wildman–Crippen MR) is 116 cm³/mol. The molecule has 0 saturated carbocycles. The minimum atomic E-state index is -3.49. The lowest BCUT2D eigenvalue weighted by atomic mass is 9.97. The summed E-state index contributed by atoms with van der Waals surface area (Å²) in [5.74, 6) is 0.217. The molecule has 5 rings (SSSR count). The molecule has 0 atom stereocenters. The number of aromatic nitrogens is 2. The maximum Gasteiger partial charge on any atom is 0.256 e. The lowest BCUT2D eigenvalue weighted by Crippen LogP contribution is -2.27. The predicted octanol–water partition coefficient (Wildman–Crippen LogP) is 3.61. The number of thiophene rings is 1. The van der Waals surface area contributed by atoms with Crippen LogP contribution in [0, 0.1) is 0 Å². The second-order valence-electron chi connectivity index (χ2n) is 7.70. The van der Waals surface area contributed by atoms with E-state index in [-0.39, 0.29) is 10.8 Å². The van der Waals surface area contributed by atoms with Crippen LogP contribution in [0.4, 0.5) is 5.82 Å². The fourth-order valence-electron chi connectivity index (χ4n) is 4.22. The van der Waals surface area contributed by atoms with Crippen LogP contribution >= 0.6 is 11.3 Å². The molecule has 9 heteroatoms. The number of nitrogens with one attached hydrogen (secondary N) is 1. The fraction of sp³-hybridized carbons (Fsp3) is 0.381. The van der Waals surface area contributed by atoms with Gasteiger partial charge in [-0.1, -0.05) is 0 Å². The van der Waals surface area contributed by atoms with Gasteiger partial charge in [0.2, 0.25) is 10.0 Å². The molecule has 1 amide bonds. The number of rotatable bonds is 4. The fourth-order valence-corrected chi connectivity index (χ4v) is 6.97. The van der Waals surface area contributed by atoms with E-state index in [1.807, 2.05) is 0 Å². The van der Waals surface area contributed by atoms with Crippen LogP contribution in [0.25, 0.3) is 10.2 Å². The molecule has 1 aliphatic heterocycles. The molecule has 2 aliphatic rings. The lowest BCUT2D eigenvalue weighted by Gasteiger charge is -2.15. The van der Waals surface area contributed by atoms with Crippen molar-refractivity contribution < 1.29 is 13.2 Å². The van der Waals surface area contributed by atoms with Gasteiger partial charge in [0.25, 0.3) is 5.91 Å². The van der Waals surface area contributed by atoms with E-state index in [9.17, 15) is 13.2 Å². The van der Waals surface area contributed by atoms with E-state index in [0.717, 1.165) is 42.3 Å². The molecule has 156 valence electrons. The van der Waals surface area contributed by atoms with E-state index in [4.69, 9.17) is 0 Å². The molecule has 1 aliphatic carbocycles. The second-order valence-corrected chi connectivity index (χ2v) is 10.7. The monoisotopic (exact) mass is 442 g/mol. The molecule has 0 unspecified atom stereocenters. The number of nitrogens with zero attached hydrogens (tertiary/aromatic N) is 3. The summed E-state index contributed by atoms with van der Waals surface area (Å²) in [6, 6.07) is 6.12. The molecule has 1 saturated heterocycles. The molecule has 7 nitrogen and oxygen atoms in total. The SMILES string of the molecule is O=C(Nc1ncnc2sc3c(c12)CCCC3)c1ccc(S(=O)(=O)N2CCCC2)cc1. The number of amides is 1. The zero-order valence-corrected chi connectivity index (χ0v) is 18.1. The molecule has 2 aromatic heterocycles. The molecule has 1 aromatic carbocycles. The number of fused-ring (bicyclic) bond motifs is 3. The van der Waals surface area contributed by atoms with E-state index in [0.29, 0.717) is 24.5 Å². The minimum Gasteiger partial charge on any atom is -0.306 e. The van der Waals surface area contributed by atoms with E-state index >= 15 is 0 Å². The quantitative estimate of drug-likeness (QED) is 0.666. The van der Waals surface area contributed by atoms with Gasteiger partial charge in [-0.15, -0.1) is 11.3 Å². The molecule has 30 heavy (non-hydrogen) atoms. The Hall–Kier alpha value is -2.36. The maximum atomic E-state index is 12.8. The van der Waals surface area contributed by atoms with Crippen LogP contribution in [0.2, 0.25) is 0 Å². The number of sulfonamides is 1. The van der Waals surface area contributed by atoms with Gasteiger partial charge in [0.05, 0.1) is 10.3 Å². The number of hydrogen-bond donors (Lipinski definition) is 1. The van der Waals surface area contributed by atoms with Gasteiger partial charge in [-0.05, 0) is 68.4 Å². The summed E-state index contributed by atoms with van der Waals surface area (Å²) in [6.07, 6.45) is 7.60. The van der Waals surface area contributed by atoms with Crippen LogP contribution in [-0.4, -0.2) is 41.7 Å². The Labute approximate surface area is 179 Å². The molecule has 0 spiro atoms. The zero-order valence-electron chi connectivity index (χ0n) is 16.4. The van der Waals surface area contributed by atoms with Gasteiger partial charge in [-0.25, -0.2) is 18.4 Å². The Morgan fingerprint density at radius 2 is 1.73 bits per heavy atom. The molecule has 1 fully saturated rings. The maximum absolute atomic E-state index is 12.8. The van der Waals surface area contributed by atoms with Crippen molar-refractivity contribution in [2.45, 2.75) is 43.4 Å². The van der Waals surface area contributed by atoms with Crippen LogP contribution in [0.1, 0.15) is 46.5 Å². The van der Waals surface area contributed by atoms with Crippen LogP contribution in [0.5, 0.6) is 0 Å². The van der Waals surface area contributed by atoms with Crippen molar-refractivity contribution in [1.82, 2.24) is 14.3 Å². The number of hydrogen-bond acceptors (Lipinski definition) is 6. The molecule has 3 aromatic rings. The summed E-state index contributed by atoms with van der Waals surface area (Å²) >= 11 is 1.68. The highest BCUT2D eigenvalue weighted by Crippen LogP contribution is 2.38. The Kier molecular flexibility index (Phi) is 5.04. The van der Waals surface area contributed by atoms with Crippen molar-refractivity contribution in [1.29, 1.82) is 0 Å². The number of benzene rings is 1. The van der Waals surface area contributed by atoms with Crippen LogP contribution in [0.3, 0.4) is 0 Å². The minimum absolute atomic E-state index is 0.220. The Balaban J connectivity index is 1.40. The molecule has 1 N–H and O–H groups in total. The van der Waals surface area contributed by atoms with Crippen LogP contribution in [-0.2, 0) is 22.9 Å². The van der Waals surface area contributed by atoms with E-state index in [1.54, 1.807) is 23.5 Å². The highest BCUT2D eigenvalue weighted by Gasteiger charge is 2.27. The summed E-state index contributed by atoms with van der Waals surface area (Å²) in [6.45, 7) is 1.11. The molecular weight excluding hydrogens is 420 g/mol. The van der Waals surface area contributed by atoms with Gasteiger partial charge in [-0.2, -0.15) is 4.31 Å². The molecule has 3 heterocycles. The number of aryl methyl sites for hydroxylation is 2. The highest BCUT2D eigenvalue weighted by atomic mass is 32.2. The summed E-state index contributed by atoms with van der Waals surface area (Å²) in [5.41, 5.74) is 1.65. The third-order valence-corrected chi connectivity index (χ3v) is 8.92. The number of carbonyl (C=O) groups is 1. The van der Waals surface area contributed by atoms with Crippen LogP contribution < -0.4 is 5.32 Å². The van der Waals surface area contributed by atoms with Crippen molar-refractivity contribution in [3.63, 3.8) is 0 Å². The van der Waals surface area contributed by atoms with Crippen LogP contribution in [0.15, 0.2) is 35.5 Å². The standard InChI is InChI=1S/C21H22N4O3S2/c26-20(14-7-9-15(10-8-14)30(27,28)25-11-3-4-12-25)24-19-18-16-5-1-2-6-17(16)29-21(18)23-13-22-19/h7-10,13H,1-6,11-12H2,(H,22,23,24,26). The third-order valence-electron chi connectivity index (χ3n) is 5.80. The summed E-state index contributed by atoms with van der Waals surface area (Å²) < 4.78 is 26.8. The first-order chi connectivity index (χ1) is 14.5. The summed E-state index contributed by atoms with van der Waals surface area (Å²) in [4.78, 5) is 24.0. The normalized spacial score (nSPS) is 17.2. The van der Waals surface area contributed by atoms with Gasteiger partial charge in [0, 0.05) is 23.5 Å². The smallest absolute Gasteiger partial charge is 0.256 e. The zero-order chi connectivity index (χ0) is 20.7. The average Bonchev–Trinajstić information content (AvgIpc) is 3.42. The van der Waals surface area contributed by atoms with Crippen molar-refractivity contribution in [2.24, 2.45) is 0 Å². The average molecular weight is 443 g/mol. The van der Waals surface area contributed by atoms with E-state index in [2.05, 4.69) is 15.3 Å². The van der Waals surface area contributed by atoms with Crippen molar-refractivity contribution in [3.8, 4) is 0 Å². The van der Waals surface area contributed by atoms with Gasteiger partial charge in [-0.3, -0.25) is 4.79 Å². The summed E-state index contributed by atoms with van der Waals surface area (Å²) in [5, 5.41) is 3.85. The highest BCUT2D eigenvalue weighted by molar-refractivity contribution is 7.89. The van der Waals surface area contributed by atoms with Crippen molar-refractivity contribution in [2.75, 3.05) is 18.4 Å². The number of anilines is 1. The topological polar surface area (TPSA) is 92.3 Å². The lowest BCUT2D eigenvalue weighted by molar-refractivity contribution is 0.102. The van der Waals surface area contributed by atoms with Crippen molar-refractivity contribution in [3.05, 3.63) is 46.6 Å². The van der Waals surface area contributed by atoms with Gasteiger partial charge in [0.1, 0.15) is 17.0 Å². The Morgan fingerprint density at radius 1 is 1.00 bits per heavy atom. The summed E-state index contributed by atoms with van der Waals surface area (Å²) in [7, 11) is -3.49. The largest absolute Gasteiger partial charge is 0.306 e. The van der Waals surface area contributed by atoms with Gasteiger partial charge >= 0.3 is 0 Å². The molecular formula is C21H22N4O3S2. The van der Waals surface area contributed by atoms with Gasteiger partial charge in [0.15, 0.2) is 0 Å². The molecule has 0 radical (unpaired) electrons. The van der Waals surface area contributed by atoms with E-state index < -0.39 is 10.0 Å². The Bertz CT molecular complexity index is 1210.